The SMILES string of the molecule is O=C(O)c1cccc(C(=O)O)c1.c1ccc(-c2ccccc2)cc1.c1ccc(-c2ccccc2)cc1. The molecule has 5 rings (SSSR count). The predicted octanol–water partition coefficient (Wildman–Crippen LogP) is 7.79. The normalized spacial score (nSPS) is 9.56. The molecule has 4 heteroatoms. The van der Waals surface area contributed by atoms with Crippen LogP contribution in [0.1, 0.15) is 20.7 Å². The molecular formula is C32H26O4. The van der Waals surface area contributed by atoms with E-state index in [-0.39, 0.29) is 11.1 Å². The number of carboxylic acids is 2. The molecule has 0 saturated carbocycles. The molecule has 0 unspecified atom stereocenters. The fourth-order valence-corrected chi connectivity index (χ4v) is 3.31. The van der Waals surface area contributed by atoms with E-state index in [4.69, 9.17) is 10.2 Å². The Kier molecular flexibility index (Phi) is 9.75. The molecule has 178 valence electrons. The van der Waals surface area contributed by atoms with Gasteiger partial charge in [-0.2, -0.15) is 0 Å². The monoisotopic (exact) mass is 474 g/mol. The summed E-state index contributed by atoms with van der Waals surface area (Å²) in [4.78, 5) is 20.8. The molecule has 4 nitrogen and oxygen atoms in total. The molecule has 0 aliphatic heterocycles. The Bertz CT molecular complexity index is 1170. The number of aromatic carboxylic acids is 2. The van der Waals surface area contributed by atoms with Crippen molar-refractivity contribution >= 4 is 11.9 Å². The van der Waals surface area contributed by atoms with Gasteiger partial charge in [0.25, 0.3) is 0 Å². The molecule has 0 saturated heterocycles. The number of hydrogen-bond acceptors (Lipinski definition) is 2. The van der Waals surface area contributed by atoms with E-state index in [0.29, 0.717) is 0 Å². The highest BCUT2D eigenvalue weighted by atomic mass is 16.4. The predicted molar refractivity (Wildman–Crippen MR) is 144 cm³/mol. The fourth-order valence-electron chi connectivity index (χ4n) is 3.31. The van der Waals surface area contributed by atoms with Crippen molar-refractivity contribution < 1.29 is 19.8 Å². The third kappa shape index (κ3) is 8.12. The van der Waals surface area contributed by atoms with Crippen molar-refractivity contribution in [1.82, 2.24) is 0 Å². The largest absolute Gasteiger partial charge is 0.478 e. The van der Waals surface area contributed by atoms with Gasteiger partial charge in [0, 0.05) is 0 Å². The van der Waals surface area contributed by atoms with Gasteiger partial charge < -0.3 is 10.2 Å². The van der Waals surface area contributed by atoms with Crippen LogP contribution >= 0.6 is 0 Å². The van der Waals surface area contributed by atoms with Gasteiger partial charge >= 0.3 is 11.9 Å². The summed E-state index contributed by atoms with van der Waals surface area (Å²) >= 11 is 0. The molecule has 0 aliphatic carbocycles. The van der Waals surface area contributed by atoms with Crippen molar-refractivity contribution in [1.29, 1.82) is 0 Å². The van der Waals surface area contributed by atoms with Crippen molar-refractivity contribution in [2.75, 3.05) is 0 Å². The Morgan fingerprint density at radius 3 is 0.833 bits per heavy atom. The third-order valence-electron chi connectivity index (χ3n) is 5.12. The summed E-state index contributed by atoms with van der Waals surface area (Å²) in [5, 5.41) is 17.0. The molecule has 0 atom stereocenters. The van der Waals surface area contributed by atoms with E-state index < -0.39 is 11.9 Å². The van der Waals surface area contributed by atoms with E-state index in [0.717, 1.165) is 6.07 Å². The lowest BCUT2D eigenvalue weighted by molar-refractivity contribution is 0.0696. The van der Waals surface area contributed by atoms with Crippen LogP contribution < -0.4 is 0 Å². The van der Waals surface area contributed by atoms with Gasteiger partial charge in [-0.15, -0.1) is 0 Å². The highest BCUT2D eigenvalue weighted by Crippen LogP contribution is 2.18. The number of carbonyl (C=O) groups is 2. The molecule has 0 aromatic heterocycles. The number of benzene rings is 5. The maximum atomic E-state index is 10.4. The average molecular weight is 475 g/mol. The van der Waals surface area contributed by atoms with Crippen LogP contribution in [0.4, 0.5) is 0 Å². The van der Waals surface area contributed by atoms with Crippen molar-refractivity contribution in [3.63, 3.8) is 0 Å². The second-order valence-electron chi connectivity index (χ2n) is 7.66. The lowest BCUT2D eigenvalue weighted by Crippen LogP contribution is -2.01. The Labute approximate surface area is 210 Å². The summed E-state index contributed by atoms with van der Waals surface area (Å²) in [5.74, 6) is -2.25. The topological polar surface area (TPSA) is 74.6 Å². The minimum absolute atomic E-state index is 0.0186. The van der Waals surface area contributed by atoms with E-state index in [2.05, 4.69) is 97.1 Å². The van der Waals surface area contributed by atoms with E-state index in [1.807, 2.05) is 24.3 Å². The van der Waals surface area contributed by atoms with E-state index >= 15 is 0 Å². The van der Waals surface area contributed by atoms with Crippen LogP contribution in [0.5, 0.6) is 0 Å². The fraction of sp³-hybridized carbons (Fsp3) is 0. The lowest BCUT2D eigenvalue weighted by atomic mass is 10.1. The van der Waals surface area contributed by atoms with Gasteiger partial charge in [-0.3, -0.25) is 0 Å². The molecule has 0 aliphatic rings. The molecule has 0 heterocycles. The summed E-state index contributed by atoms with van der Waals surface area (Å²) in [6.07, 6.45) is 0. The van der Waals surface area contributed by atoms with Gasteiger partial charge in [-0.05, 0) is 40.5 Å². The molecule has 0 radical (unpaired) electrons. The highest BCUT2D eigenvalue weighted by Gasteiger charge is 2.06. The second-order valence-corrected chi connectivity index (χ2v) is 7.66. The Morgan fingerprint density at radius 2 is 0.611 bits per heavy atom. The number of rotatable bonds is 4. The number of carboxylic acid groups (broad SMARTS) is 2. The first-order valence-electron chi connectivity index (χ1n) is 11.3. The molecule has 0 bridgehead atoms. The van der Waals surface area contributed by atoms with Crippen LogP contribution in [0.2, 0.25) is 0 Å². The Hall–Kier alpha value is -4.96. The molecule has 0 amide bonds. The maximum absolute atomic E-state index is 10.4. The first-order valence-corrected chi connectivity index (χ1v) is 11.3. The zero-order chi connectivity index (χ0) is 25.6. The molecule has 5 aromatic carbocycles. The average Bonchev–Trinajstić information content (AvgIpc) is 2.96. The van der Waals surface area contributed by atoms with Crippen molar-refractivity contribution in [2.45, 2.75) is 0 Å². The van der Waals surface area contributed by atoms with Crippen LogP contribution in [-0.2, 0) is 0 Å². The second kappa shape index (κ2) is 13.7. The zero-order valence-electron chi connectivity index (χ0n) is 19.6. The summed E-state index contributed by atoms with van der Waals surface area (Å²) in [6, 6.07) is 46.8. The van der Waals surface area contributed by atoms with Crippen molar-refractivity contribution in [2.24, 2.45) is 0 Å². The van der Waals surface area contributed by atoms with Crippen molar-refractivity contribution in [3.05, 3.63) is 157 Å². The van der Waals surface area contributed by atoms with Crippen LogP contribution in [0.15, 0.2) is 146 Å². The van der Waals surface area contributed by atoms with Gasteiger partial charge in [-0.25, -0.2) is 9.59 Å². The summed E-state index contributed by atoms with van der Waals surface area (Å²) < 4.78 is 0. The van der Waals surface area contributed by atoms with E-state index in [1.165, 1.54) is 40.5 Å². The summed E-state index contributed by atoms with van der Waals surface area (Å²) in [7, 11) is 0. The minimum Gasteiger partial charge on any atom is -0.478 e. The van der Waals surface area contributed by atoms with Crippen LogP contribution in [0, 0.1) is 0 Å². The lowest BCUT2D eigenvalue weighted by Gasteiger charge is -1.98. The molecule has 2 N–H and O–H groups in total. The van der Waals surface area contributed by atoms with Crippen molar-refractivity contribution in [3.8, 4) is 22.3 Å². The van der Waals surface area contributed by atoms with Gasteiger partial charge in [0.2, 0.25) is 0 Å². The third-order valence-corrected chi connectivity index (χ3v) is 5.12. The van der Waals surface area contributed by atoms with Gasteiger partial charge in [0.15, 0.2) is 0 Å². The Balaban J connectivity index is 0.000000150. The van der Waals surface area contributed by atoms with Gasteiger partial charge in [-0.1, -0.05) is 127 Å². The molecule has 5 aromatic rings. The van der Waals surface area contributed by atoms with Gasteiger partial charge in [0.1, 0.15) is 0 Å². The van der Waals surface area contributed by atoms with Crippen LogP contribution in [0.3, 0.4) is 0 Å². The van der Waals surface area contributed by atoms with E-state index in [1.54, 1.807) is 0 Å². The first kappa shape index (κ1) is 25.7. The van der Waals surface area contributed by atoms with E-state index in [9.17, 15) is 9.59 Å². The standard InChI is InChI=1S/2C12H10.C8H6O4/c2*1-3-7-11(8-4-1)12-9-5-2-6-10-12;9-7(10)5-2-1-3-6(4-5)8(11)12/h2*1-10H;1-4H,(H,9,10)(H,11,12). The smallest absolute Gasteiger partial charge is 0.335 e. The van der Waals surface area contributed by atoms with Crippen LogP contribution in [-0.4, -0.2) is 22.2 Å². The molecule has 36 heavy (non-hydrogen) atoms. The molecule has 0 spiro atoms. The zero-order valence-corrected chi connectivity index (χ0v) is 19.6. The first-order chi connectivity index (χ1) is 17.5. The molecule has 0 fully saturated rings. The minimum atomic E-state index is -1.13. The maximum Gasteiger partial charge on any atom is 0.335 e. The highest BCUT2D eigenvalue weighted by molar-refractivity contribution is 5.93. The summed E-state index contributed by atoms with van der Waals surface area (Å²) in [5.41, 5.74) is 5.07. The Morgan fingerprint density at radius 1 is 0.361 bits per heavy atom. The number of hydrogen-bond donors (Lipinski definition) is 2. The summed E-state index contributed by atoms with van der Waals surface area (Å²) in [6.45, 7) is 0. The van der Waals surface area contributed by atoms with Gasteiger partial charge in [0.05, 0.1) is 11.1 Å². The quantitative estimate of drug-likeness (QED) is 0.279. The van der Waals surface area contributed by atoms with Crippen LogP contribution in [0.25, 0.3) is 22.3 Å². The molecular weight excluding hydrogens is 448 g/mol.